The van der Waals surface area contributed by atoms with Gasteiger partial charge >= 0.3 is 0 Å². The number of carbonyl (C=O) groups excluding carboxylic acids is 2. The van der Waals surface area contributed by atoms with Gasteiger partial charge in [0.25, 0.3) is 0 Å². The number of Topliss-reactive ketones (excluding diaryl/α,β-unsaturated/α-hetero) is 1. The van der Waals surface area contributed by atoms with Crippen LogP contribution in [0.1, 0.15) is 45.0 Å². The Balaban J connectivity index is 3.03. The molecular weight excluding hydrogens is 320 g/mol. The van der Waals surface area contributed by atoms with Crippen molar-refractivity contribution in [3.8, 4) is 0 Å². The van der Waals surface area contributed by atoms with E-state index in [2.05, 4.69) is 10.6 Å². The lowest BCUT2D eigenvalue weighted by molar-refractivity contribution is -0.187. The maximum Gasteiger partial charge on any atom is 0.214 e. The summed E-state index contributed by atoms with van der Waals surface area (Å²) in [6.07, 6.45) is -0.869. The molecule has 0 saturated heterocycles. The minimum atomic E-state index is -1.32. The molecule has 1 unspecified atom stereocenters. The Morgan fingerprint density at radius 1 is 1.30 bits per heavy atom. The third kappa shape index (κ3) is 5.58. The van der Waals surface area contributed by atoms with E-state index in [-0.39, 0.29) is 22.1 Å². The van der Waals surface area contributed by atoms with Gasteiger partial charge < -0.3 is 15.2 Å². The van der Waals surface area contributed by atoms with E-state index < -0.39 is 17.6 Å². The number of rotatable bonds is 7. The number of para-hydroxylation sites is 1. The zero-order chi connectivity index (χ0) is 17.8. The first-order chi connectivity index (χ1) is 10.5. The van der Waals surface area contributed by atoms with Crippen LogP contribution in [-0.4, -0.2) is 34.9 Å². The third-order valence-corrected chi connectivity index (χ3v) is 3.29. The molecule has 7 heteroatoms. The number of benzene rings is 1. The lowest BCUT2D eigenvalue weighted by Gasteiger charge is -2.32. The van der Waals surface area contributed by atoms with Crippen molar-refractivity contribution in [3.63, 3.8) is 0 Å². The van der Waals surface area contributed by atoms with E-state index >= 15 is 0 Å². The molecule has 0 aliphatic heterocycles. The minimum Gasteiger partial charge on any atom is -0.356 e. The summed E-state index contributed by atoms with van der Waals surface area (Å²) in [5, 5.41) is 15.4. The van der Waals surface area contributed by atoms with Gasteiger partial charge in [0.2, 0.25) is 12.8 Å². The first kappa shape index (κ1) is 19.6. The minimum absolute atomic E-state index is 0.232. The van der Waals surface area contributed by atoms with E-state index in [0.29, 0.717) is 6.41 Å². The van der Waals surface area contributed by atoms with Crippen molar-refractivity contribution < 1.29 is 19.4 Å². The summed E-state index contributed by atoms with van der Waals surface area (Å²) in [6, 6.07) is 4.74. The van der Waals surface area contributed by atoms with Gasteiger partial charge in [0.15, 0.2) is 5.78 Å². The van der Waals surface area contributed by atoms with Crippen molar-refractivity contribution >= 4 is 29.5 Å². The second kappa shape index (κ2) is 7.40. The van der Waals surface area contributed by atoms with Gasteiger partial charge in [0.05, 0.1) is 21.8 Å². The number of anilines is 1. The fraction of sp³-hybridized carbons (Fsp3) is 0.500. The van der Waals surface area contributed by atoms with Crippen LogP contribution < -0.4 is 10.6 Å². The SMILES string of the molecule is CC(C)(C)OC(O)NC(C)(C)C(=O)c1cccc(Cl)c1NC=O. The van der Waals surface area contributed by atoms with Crippen LogP contribution >= 0.6 is 11.6 Å². The molecule has 1 rings (SSSR count). The Morgan fingerprint density at radius 3 is 2.43 bits per heavy atom. The summed E-state index contributed by atoms with van der Waals surface area (Å²) < 4.78 is 5.36. The number of amides is 1. The topological polar surface area (TPSA) is 87.7 Å². The first-order valence-corrected chi connectivity index (χ1v) is 7.53. The summed E-state index contributed by atoms with van der Waals surface area (Å²) in [5.41, 5.74) is -1.25. The highest BCUT2D eigenvalue weighted by Crippen LogP contribution is 2.28. The van der Waals surface area contributed by atoms with Gasteiger partial charge in [-0.25, -0.2) is 0 Å². The maximum absolute atomic E-state index is 12.8. The molecule has 3 N–H and O–H groups in total. The average Bonchev–Trinajstić information content (AvgIpc) is 2.37. The van der Waals surface area contributed by atoms with Crippen LogP contribution in [0.25, 0.3) is 0 Å². The number of carbonyl (C=O) groups is 2. The zero-order valence-corrected chi connectivity index (χ0v) is 14.7. The quantitative estimate of drug-likeness (QED) is 0.402. The Bertz CT molecular complexity index is 582. The Morgan fingerprint density at radius 2 is 1.91 bits per heavy atom. The smallest absolute Gasteiger partial charge is 0.214 e. The lowest BCUT2D eigenvalue weighted by Crippen LogP contribution is -2.54. The fourth-order valence-electron chi connectivity index (χ4n) is 1.99. The van der Waals surface area contributed by atoms with Gasteiger partial charge in [-0.05, 0) is 46.8 Å². The molecular formula is C16H23ClN2O4. The predicted molar refractivity (Wildman–Crippen MR) is 89.5 cm³/mol. The molecule has 0 radical (unpaired) electrons. The highest BCUT2D eigenvalue weighted by Gasteiger charge is 2.33. The van der Waals surface area contributed by atoms with Crippen molar-refractivity contribution in [2.75, 3.05) is 5.32 Å². The van der Waals surface area contributed by atoms with Crippen molar-refractivity contribution in [2.24, 2.45) is 0 Å². The van der Waals surface area contributed by atoms with Gasteiger partial charge in [-0.2, -0.15) is 0 Å². The van der Waals surface area contributed by atoms with E-state index in [4.69, 9.17) is 16.3 Å². The number of ether oxygens (including phenoxy) is 1. The van der Waals surface area contributed by atoms with E-state index in [1.807, 2.05) is 0 Å². The number of halogens is 1. The largest absolute Gasteiger partial charge is 0.356 e. The molecule has 1 aromatic carbocycles. The van der Waals surface area contributed by atoms with Crippen LogP contribution in [0.4, 0.5) is 5.69 Å². The van der Waals surface area contributed by atoms with Gasteiger partial charge in [-0.1, -0.05) is 17.7 Å². The standard InChI is InChI=1S/C16H23ClN2O4/c1-15(2,3)23-14(22)19-16(4,5)13(21)10-7-6-8-11(17)12(10)18-9-20/h6-9,14,19,22H,1-5H3,(H,18,20). The monoisotopic (exact) mass is 342 g/mol. The second-order valence-corrected chi connectivity index (χ2v) is 7.01. The molecule has 0 spiro atoms. The van der Waals surface area contributed by atoms with Crippen LogP contribution in [0.15, 0.2) is 18.2 Å². The zero-order valence-electron chi connectivity index (χ0n) is 13.9. The number of aliphatic hydroxyl groups is 1. The summed E-state index contributed by atoms with van der Waals surface area (Å²) in [6.45, 7) is 8.58. The number of nitrogens with one attached hydrogen (secondary N) is 2. The fourth-order valence-corrected chi connectivity index (χ4v) is 2.22. The van der Waals surface area contributed by atoms with Crippen LogP contribution in [-0.2, 0) is 9.53 Å². The van der Waals surface area contributed by atoms with E-state index in [0.717, 1.165) is 0 Å². The first-order valence-electron chi connectivity index (χ1n) is 7.15. The molecule has 0 heterocycles. The molecule has 0 fully saturated rings. The van der Waals surface area contributed by atoms with Crippen LogP contribution in [0.3, 0.4) is 0 Å². The molecule has 1 amide bonds. The molecule has 1 atom stereocenters. The molecule has 6 nitrogen and oxygen atoms in total. The van der Waals surface area contributed by atoms with Crippen molar-refractivity contribution in [1.82, 2.24) is 5.32 Å². The molecule has 0 bridgehead atoms. The molecule has 0 aliphatic carbocycles. The lowest BCUT2D eigenvalue weighted by atomic mass is 9.92. The maximum atomic E-state index is 12.8. The van der Waals surface area contributed by atoms with E-state index in [1.54, 1.807) is 52.8 Å². The predicted octanol–water partition coefficient (Wildman–Crippen LogP) is 2.55. The van der Waals surface area contributed by atoms with E-state index in [9.17, 15) is 14.7 Å². The van der Waals surface area contributed by atoms with Gasteiger partial charge in [0.1, 0.15) is 0 Å². The normalized spacial score (nSPS) is 13.5. The molecule has 0 aromatic heterocycles. The molecule has 23 heavy (non-hydrogen) atoms. The number of aliphatic hydroxyl groups excluding tert-OH is 1. The average molecular weight is 343 g/mol. The van der Waals surface area contributed by atoms with Gasteiger partial charge in [0, 0.05) is 5.56 Å². The molecule has 1 aromatic rings. The Hall–Kier alpha value is -1.47. The summed E-state index contributed by atoms with van der Waals surface area (Å²) in [4.78, 5) is 23.5. The molecule has 0 saturated carbocycles. The number of hydrogen-bond acceptors (Lipinski definition) is 5. The second-order valence-electron chi connectivity index (χ2n) is 6.61. The van der Waals surface area contributed by atoms with Crippen LogP contribution in [0, 0.1) is 0 Å². The molecule has 0 aliphatic rings. The third-order valence-electron chi connectivity index (χ3n) is 2.98. The Labute approximate surface area is 141 Å². The highest BCUT2D eigenvalue weighted by atomic mass is 35.5. The Kier molecular flexibility index (Phi) is 6.30. The summed E-state index contributed by atoms with van der Waals surface area (Å²) in [7, 11) is 0. The summed E-state index contributed by atoms with van der Waals surface area (Å²) >= 11 is 6.03. The van der Waals surface area contributed by atoms with Crippen LogP contribution in [0.5, 0.6) is 0 Å². The number of hydrogen-bond donors (Lipinski definition) is 3. The van der Waals surface area contributed by atoms with Gasteiger partial charge in [-0.3, -0.25) is 14.9 Å². The van der Waals surface area contributed by atoms with Crippen molar-refractivity contribution in [1.29, 1.82) is 0 Å². The van der Waals surface area contributed by atoms with Crippen molar-refractivity contribution in [3.05, 3.63) is 28.8 Å². The highest BCUT2D eigenvalue weighted by molar-refractivity contribution is 6.34. The van der Waals surface area contributed by atoms with Crippen LogP contribution in [0.2, 0.25) is 5.02 Å². The van der Waals surface area contributed by atoms with Gasteiger partial charge in [-0.15, -0.1) is 0 Å². The summed E-state index contributed by atoms with van der Waals surface area (Å²) in [5.74, 6) is -0.346. The number of ketones is 1. The van der Waals surface area contributed by atoms with E-state index in [1.165, 1.54) is 0 Å². The van der Waals surface area contributed by atoms with Crippen molar-refractivity contribution in [2.45, 2.75) is 52.2 Å². The molecule has 128 valence electrons.